The molecule has 0 saturated carbocycles. The summed E-state index contributed by atoms with van der Waals surface area (Å²) in [5.74, 6) is 0. The molecule has 0 radical (unpaired) electrons. The van der Waals surface area contributed by atoms with Gasteiger partial charge in [-0.1, -0.05) is 70.5 Å². The van der Waals surface area contributed by atoms with Crippen molar-refractivity contribution in [3.05, 3.63) is 82.3 Å². The number of hydrogen-bond donors (Lipinski definition) is 0. The quantitative estimate of drug-likeness (QED) is 0.657. The summed E-state index contributed by atoms with van der Waals surface area (Å²) in [7, 11) is 0. The molecule has 1 nitrogen and oxygen atoms in total. The summed E-state index contributed by atoms with van der Waals surface area (Å²) in [4.78, 5) is 0. The third-order valence-electron chi connectivity index (χ3n) is 4.06. The van der Waals surface area contributed by atoms with E-state index in [0.29, 0.717) is 6.10 Å². The molecule has 2 heteroatoms. The standard InChI is InChI=1S/C20H21BrO/c21-18-12-9-17(10-13-18)15-20-8-4-7-19(22-20)14-11-16-5-2-1-3-6-16/h1-6,8-10,12-13,19-20H,7,11,14-15H2/t19-,20+/m1/s1. The zero-order chi connectivity index (χ0) is 15.2. The zero-order valence-electron chi connectivity index (χ0n) is 12.6. The van der Waals surface area contributed by atoms with Gasteiger partial charge >= 0.3 is 0 Å². The van der Waals surface area contributed by atoms with Crippen LogP contribution in [-0.4, -0.2) is 12.2 Å². The Bertz CT molecular complexity index is 603. The van der Waals surface area contributed by atoms with Crippen LogP contribution in [0.15, 0.2) is 71.2 Å². The van der Waals surface area contributed by atoms with Crippen molar-refractivity contribution in [2.45, 2.75) is 37.9 Å². The Hall–Kier alpha value is -1.38. The van der Waals surface area contributed by atoms with Gasteiger partial charge in [-0.05, 0) is 42.5 Å². The van der Waals surface area contributed by atoms with Gasteiger partial charge in [0, 0.05) is 10.9 Å². The smallest absolute Gasteiger partial charge is 0.0800 e. The predicted octanol–water partition coefficient (Wildman–Crippen LogP) is 5.34. The molecule has 0 amide bonds. The molecule has 22 heavy (non-hydrogen) atoms. The van der Waals surface area contributed by atoms with Gasteiger partial charge in [-0.15, -0.1) is 0 Å². The second-order valence-corrected chi connectivity index (χ2v) is 6.73. The molecule has 0 fully saturated rings. The molecule has 0 aliphatic carbocycles. The minimum atomic E-state index is 0.204. The van der Waals surface area contributed by atoms with Crippen LogP contribution < -0.4 is 0 Å². The van der Waals surface area contributed by atoms with Gasteiger partial charge in [0.25, 0.3) is 0 Å². The molecule has 0 bridgehead atoms. The Balaban J connectivity index is 1.52. The zero-order valence-corrected chi connectivity index (χ0v) is 14.2. The van der Waals surface area contributed by atoms with Crippen molar-refractivity contribution in [3.63, 3.8) is 0 Å². The number of halogens is 1. The van der Waals surface area contributed by atoms with E-state index in [1.165, 1.54) is 11.1 Å². The van der Waals surface area contributed by atoms with Gasteiger partial charge in [0.15, 0.2) is 0 Å². The van der Waals surface area contributed by atoms with E-state index in [0.717, 1.165) is 30.2 Å². The average Bonchev–Trinajstić information content (AvgIpc) is 2.57. The van der Waals surface area contributed by atoms with E-state index in [9.17, 15) is 0 Å². The number of hydrogen-bond acceptors (Lipinski definition) is 1. The van der Waals surface area contributed by atoms with E-state index < -0.39 is 0 Å². The van der Waals surface area contributed by atoms with Crippen molar-refractivity contribution in [3.8, 4) is 0 Å². The topological polar surface area (TPSA) is 9.23 Å². The van der Waals surface area contributed by atoms with Crippen LogP contribution in [0.4, 0.5) is 0 Å². The third kappa shape index (κ3) is 4.56. The number of benzene rings is 2. The molecule has 2 aromatic rings. The summed E-state index contributed by atoms with van der Waals surface area (Å²) in [5.41, 5.74) is 2.71. The van der Waals surface area contributed by atoms with Gasteiger partial charge in [-0.25, -0.2) is 0 Å². The first-order valence-corrected chi connectivity index (χ1v) is 8.69. The van der Waals surface area contributed by atoms with Crippen molar-refractivity contribution >= 4 is 15.9 Å². The highest BCUT2D eigenvalue weighted by molar-refractivity contribution is 9.10. The molecular weight excluding hydrogens is 336 g/mol. The van der Waals surface area contributed by atoms with E-state index in [1.54, 1.807) is 0 Å². The van der Waals surface area contributed by atoms with Crippen molar-refractivity contribution in [2.75, 3.05) is 0 Å². The lowest BCUT2D eigenvalue weighted by Gasteiger charge is -2.26. The van der Waals surface area contributed by atoms with Crippen molar-refractivity contribution in [1.29, 1.82) is 0 Å². The largest absolute Gasteiger partial charge is 0.370 e. The molecule has 114 valence electrons. The minimum absolute atomic E-state index is 0.204. The number of ether oxygens (including phenoxy) is 1. The molecule has 0 saturated heterocycles. The molecule has 1 heterocycles. The Morgan fingerprint density at radius 1 is 0.955 bits per heavy atom. The highest BCUT2D eigenvalue weighted by Gasteiger charge is 2.18. The van der Waals surface area contributed by atoms with Gasteiger partial charge < -0.3 is 4.74 Å². The van der Waals surface area contributed by atoms with E-state index in [-0.39, 0.29) is 6.10 Å². The van der Waals surface area contributed by atoms with Crippen LogP contribution in [0.5, 0.6) is 0 Å². The molecular formula is C20H21BrO. The van der Waals surface area contributed by atoms with E-state index in [4.69, 9.17) is 4.74 Å². The maximum Gasteiger partial charge on any atom is 0.0800 e. The molecule has 0 N–H and O–H groups in total. The highest BCUT2D eigenvalue weighted by Crippen LogP contribution is 2.21. The summed E-state index contributed by atoms with van der Waals surface area (Å²) in [6.07, 6.45) is 9.19. The first-order valence-electron chi connectivity index (χ1n) is 7.90. The van der Waals surface area contributed by atoms with E-state index in [2.05, 4.69) is 82.7 Å². The molecule has 1 aliphatic rings. The van der Waals surface area contributed by atoms with E-state index >= 15 is 0 Å². The summed E-state index contributed by atoms with van der Waals surface area (Å²) < 4.78 is 7.37. The van der Waals surface area contributed by atoms with Crippen LogP contribution in [0, 0.1) is 0 Å². The summed E-state index contributed by atoms with van der Waals surface area (Å²) >= 11 is 3.48. The average molecular weight is 357 g/mol. The van der Waals surface area contributed by atoms with Gasteiger partial charge in [-0.3, -0.25) is 0 Å². The lowest BCUT2D eigenvalue weighted by molar-refractivity contribution is 0.00242. The maximum atomic E-state index is 6.24. The van der Waals surface area contributed by atoms with Crippen molar-refractivity contribution < 1.29 is 4.74 Å². The first-order chi connectivity index (χ1) is 10.8. The Labute approximate surface area is 141 Å². The van der Waals surface area contributed by atoms with Gasteiger partial charge in [-0.2, -0.15) is 0 Å². The predicted molar refractivity (Wildman–Crippen MR) is 95.0 cm³/mol. The maximum absolute atomic E-state index is 6.24. The fraction of sp³-hybridized carbons (Fsp3) is 0.300. The Morgan fingerprint density at radius 2 is 1.73 bits per heavy atom. The van der Waals surface area contributed by atoms with Crippen LogP contribution in [0.25, 0.3) is 0 Å². The molecule has 0 aromatic heterocycles. The molecule has 3 rings (SSSR count). The highest BCUT2D eigenvalue weighted by atomic mass is 79.9. The van der Waals surface area contributed by atoms with Crippen LogP contribution in [0.1, 0.15) is 24.0 Å². The monoisotopic (exact) mass is 356 g/mol. The Kier molecular flexibility index (Phi) is 5.47. The van der Waals surface area contributed by atoms with Crippen molar-refractivity contribution in [2.24, 2.45) is 0 Å². The van der Waals surface area contributed by atoms with E-state index in [1.807, 2.05) is 0 Å². The van der Waals surface area contributed by atoms with Crippen LogP contribution in [0.2, 0.25) is 0 Å². The normalized spacial score (nSPS) is 21.0. The second kappa shape index (κ2) is 7.75. The van der Waals surface area contributed by atoms with Crippen LogP contribution >= 0.6 is 15.9 Å². The molecule has 1 aliphatic heterocycles. The van der Waals surface area contributed by atoms with Gasteiger partial charge in [0.05, 0.1) is 12.2 Å². The summed E-state index contributed by atoms with van der Waals surface area (Å²) in [5, 5.41) is 0. The fourth-order valence-corrected chi connectivity index (χ4v) is 3.12. The number of rotatable bonds is 5. The number of aryl methyl sites for hydroxylation is 1. The molecule has 2 aromatic carbocycles. The lowest BCUT2D eigenvalue weighted by Crippen LogP contribution is -2.26. The second-order valence-electron chi connectivity index (χ2n) is 5.82. The SMILES string of the molecule is Brc1ccc(C[C@@H]2C=CC[C@H](CCc3ccccc3)O2)cc1. The van der Waals surface area contributed by atoms with Crippen LogP contribution in [0.3, 0.4) is 0 Å². The molecule has 0 spiro atoms. The van der Waals surface area contributed by atoms with Gasteiger partial charge in [0.1, 0.15) is 0 Å². The minimum Gasteiger partial charge on any atom is -0.370 e. The molecule has 0 unspecified atom stereocenters. The summed E-state index contributed by atoms with van der Waals surface area (Å²) in [6.45, 7) is 0. The first kappa shape index (κ1) is 15.5. The Morgan fingerprint density at radius 3 is 2.50 bits per heavy atom. The lowest BCUT2D eigenvalue weighted by atomic mass is 10.0. The third-order valence-corrected chi connectivity index (χ3v) is 4.59. The fourth-order valence-electron chi connectivity index (χ4n) is 2.86. The molecule has 2 atom stereocenters. The van der Waals surface area contributed by atoms with Crippen molar-refractivity contribution in [1.82, 2.24) is 0 Å². The summed E-state index contributed by atoms with van der Waals surface area (Å²) in [6, 6.07) is 19.2. The van der Waals surface area contributed by atoms with Crippen LogP contribution in [-0.2, 0) is 17.6 Å². The van der Waals surface area contributed by atoms with Gasteiger partial charge in [0.2, 0.25) is 0 Å².